The minimum Gasteiger partial charge on any atom is -0.480 e. The van der Waals surface area contributed by atoms with Crippen LogP contribution in [0.15, 0.2) is 48.5 Å². The van der Waals surface area contributed by atoms with Crippen LogP contribution in [0.25, 0.3) is 0 Å². The summed E-state index contributed by atoms with van der Waals surface area (Å²) in [6, 6.07) is 11.1. The van der Waals surface area contributed by atoms with Crippen molar-refractivity contribution in [3.63, 3.8) is 0 Å². The minimum absolute atomic E-state index is 0.162. The number of ketones is 1. The maximum atomic E-state index is 12.6. The zero-order valence-corrected chi connectivity index (χ0v) is 13.0. The van der Waals surface area contributed by atoms with E-state index >= 15 is 0 Å². The fourth-order valence-corrected chi connectivity index (χ4v) is 2.39. The van der Waals surface area contributed by atoms with Crippen molar-refractivity contribution in [2.45, 2.75) is 12.3 Å². The summed E-state index contributed by atoms with van der Waals surface area (Å²) in [4.78, 5) is 46.2. The molecule has 2 aromatic rings. The van der Waals surface area contributed by atoms with Gasteiger partial charge in [0.15, 0.2) is 11.2 Å². The van der Waals surface area contributed by atoms with Gasteiger partial charge in [-0.3, -0.25) is 24.5 Å². The lowest BCUT2D eigenvalue weighted by atomic mass is 9.80. The van der Waals surface area contributed by atoms with E-state index in [1.165, 1.54) is 24.3 Å². The Morgan fingerprint density at radius 3 is 2.00 bits per heavy atom. The topological polar surface area (TPSA) is 135 Å². The zero-order chi connectivity index (χ0) is 18.8. The van der Waals surface area contributed by atoms with Gasteiger partial charge in [-0.2, -0.15) is 0 Å². The SMILES string of the molecule is CC(C(=O)O)(C(=O)O)c1cccc(C(=O)c2ccccc2)c1[N+](=O)[O-]. The average Bonchev–Trinajstić information content (AvgIpc) is 2.59. The summed E-state index contributed by atoms with van der Waals surface area (Å²) in [5, 5.41) is 30.2. The number of para-hydroxylation sites is 1. The van der Waals surface area contributed by atoms with Crippen molar-refractivity contribution in [1.29, 1.82) is 0 Å². The van der Waals surface area contributed by atoms with Gasteiger partial charge in [-0.05, 0) is 13.0 Å². The van der Waals surface area contributed by atoms with Crippen LogP contribution in [0.3, 0.4) is 0 Å². The molecule has 0 aliphatic rings. The first-order valence-corrected chi connectivity index (χ1v) is 7.05. The number of aliphatic carboxylic acids is 2. The van der Waals surface area contributed by atoms with Gasteiger partial charge in [-0.25, -0.2) is 0 Å². The van der Waals surface area contributed by atoms with Crippen LogP contribution in [-0.4, -0.2) is 32.9 Å². The number of carboxylic acids is 2. The van der Waals surface area contributed by atoms with E-state index in [4.69, 9.17) is 0 Å². The van der Waals surface area contributed by atoms with E-state index in [1.807, 2.05) is 0 Å². The number of benzene rings is 2. The summed E-state index contributed by atoms with van der Waals surface area (Å²) in [5.74, 6) is -4.24. The molecule has 0 saturated heterocycles. The summed E-state index contributed by atoms with van der Waals surface area (Å²) < 4.78 is 0. The molecule has 0 radical (unpaired) electrons. The molecule has 0 fully saturated rings. The molecule has 128 valence electrons. The number of carbonyl (C=O) groups is 3. The molecule has 2 N–H and O–H groups in total. The third-order valence-corrected chi connectivity index (χ3v) is 3.89. The Morgan fingerprint density at radius 1 is 0.960 bits per heavy atom. The smallest absolute Gasteiger partial charge is 0.325 e. The number of carbonyl (C=O) groups excluding carboxylic acids is 1. The van der Waals surface area contributed by atoms with Gasteiger partial charge in [-0.15, -0.1) is 0 Å². The second-order valence-electron chi connectivity index (χ2n) is 5.39. The molecule has 8 heteroatoms. The molecule has 0 bridgehead atoms. The molecule has 0 heterocycles. The molecule has 0 saturated carbocycles. The second-order valence-corrected chi connectivity index (χ2v) is 5.39. The van der Waals surface area contributed by atoms with E-state index in [9.17, 15) is 34.7 Å². The van der Waals surface area contributed by atoms with Crippen molar-refractivity contribution in [2.75, 3.05) is 0 Å². The second kappa shape index (κ2) is 6.52. The summed E-state index contributed by atoms with van der Waals surface area (Å²) in [6.45, 7) is 0.844. The molecule has 0 unspecified atom stereocenters. The first kappa shape index (κ1) is 17.8. The molecule has 2 aromatic carbocycles. The maximum Gasteiger partial charge on any atom is 0.325 e. The first-order valence-electron chi connectivity index (χ1n) is 7.05. The van der Waals surface area contributed by atoms with Crippen LogP contribution in [0.4, 0.5) is 5.69 Å². The first-order chi connectivity index (χ1) is 11.7. The van der Waals surface area contributed by atoms with Gasteiger partial charge in [0.1, 0.15) is 5.56 Å². The highest BCUT2D eigenvalue weighted by Crippen LogP contribution is 2.36. The van der Waals surface area contributed by atoms with E-state index < -0.39 is 39.3 Å². The predicted octanol–water partition coefficient (Wildman–Crippen LogP) is 2.25. The molecular formula is C17H13NO7. The van der Waals surface area contributed by atoms with Gasteiger partial charge >= 0.3 is 11.9 Å². The molecule has 0 aliphatic heterocycles. The molecule has 0 aromatic heterocycles. The van der Waals surface area contributed by atoms with E-state index in [2.05, 4.69) is 0 Å². The Bertz CT molecular complexity index is 860. The fraction of sp³-hybridized carbons (Fsp3) is 0.118. The Morgan fingerprint density at radius 2 is 1.52 bits per heavy atom. The largest absolute Gasteiger partial charge is 0.480 e. The van der Waals surface area contributed by atoms with Crippen molar-refractivity contribution in [3.8, 4) is 0 Å². The van der Waals surface area contributed by atoms with Crippen molar-refractivity contribution < 1.29 is 29.5 Å². The van der Waals surface area contributed by atoms with Crippen molar-refractivity contribution in [1.82, 2.24) is 0 Å². The molecule has 2 rings (SSSR count). The number of nitrogens with zero attached hydrogens (tertiary/aromatic N) is 1. The van der Waals surface area contributed by atoms with Crippen LogP contribution in [-0.2, 0) is 15.0 Å². The summed E-state index contributed by atoms with van der Waals surface area (Å²) >= 11 is 0. The Balaban J connectivity index is 2.78. The highest BCUT2D eigenvalue weighted by molar-refractivity contribution is 6.13. The average molecular weight is 343 g/mol. The van der Waals surface area contributed by atoms with Crippen LogP contribution < -0.4 is 0 Å². The Labute approximate surface area is 141 Å². The highest BCUT2D eigenvalue weighted by atomic mass is 16.6. The summed E-state index contributed by atoms with van der Waals surface area (Å²) in [7, 11) is 0. The Kier molecular flexibility index (Phi) is 4.64. The van der Waals surface area contributed by atoms with Crippen molar-refractivity contribution in [3.05, 3.63) is 75.3 Å². The minimum atomic E-state index is -2.57. The molecule has 0 aliphatic carbocycles. The number of hydrogen-bond donors (Lipinski definition) is 2. The monoisotopic (exact) mass is 343 g/mol. The van der Waals surface area contributed by atoms with Crippen LogP contribution in [0.2, 0.25) is 0 Å². The molecule has 0 atom stereocenters. The Hall–Kier alpha value is -3.55. The summed E-state index contributed by atoms with van der Waals surface area (Å²) in [5.41, 5.74) is -4.18. The van der Waals surface area contributed by atoms with Gasteiger partial charge < -0.3 is 10.2 Å². The zero-order valence-electron chi connectivity index (χ0n) is 13.0. The number of rotatable bonds is 6. The lowest BCUT2D eigenvalue weighted by Crippen LogP contribution is -2.41. The third-order valence-electron chi connectivity index (χ3n) is 3.89. The molecule has 0 spiro atoms. The van der Waals surface area contributed by atoms with Gasteiger partial charge in [0, 0.05) is 5.56 Å². The van der Waals surface area contributed by atoms with Crippen LogP contribution in [0.5, 0.6) is 0 Å². The van der Waals surface area contributed by atoms with E-state index in [0.29, 0.717) is 0 Å². The number of nitro benzene ring substituents is 1. The molecule has 0 amide bonds. The normalized spacial score (nSPS) is 10.9. The van der Waals surface area contributed by atoms with E-state index in [-0.39, 0.29) is 11.1 Å². The lowest BCUT2D eigenvalue weighted by molar-refractivity contribution is -0.386. The predicted molar refractivity (Wildman–Crippen MR) is 85.6 cm³/mol. The number of nitro groups is 1. The van der Waals surface area contributed by atoms with Crippen LogP contribution >= 0.6 is 0 Å². The van der Waals surface area contributed by atoms with E-state index in [1.54, 1.807) is 18.2 Å². The third kappa shape index (κ3) is 2.97. The molecular weight excluding hydrogens is 330 g/mol. The van der Waals surface area contributed by atoms with Crippen LogP contribution in [0, 0.1) is 10.1 Å². The molecule has 8 nitrogen and oxygen atoms in total. The van der Waals surface area contributed by atoms with Gasteiger partial charge in [0.05, 0.1) is 10.5 Å². The number of carboxylic acid groups (broad SMARTS) is 2. The van der Waals surface area contributed by atoms with Gasteiger partial charge in [0.25, 0.3) is 5.69 Å². The molecule has 25 heavy (non-hydrogen) atoms. The number of hydrogen-bond acceptors (Lipinski definition) is 5. The van der Waals surface area contributed by atoms with Gasteiger partial charge in [0.2, 0.25) is 0 Å². The van der Waals surface area contributed by atoms with Crippen LogP contribution in [0.1, 0.15) is 28.4 Å². The lowest BCUT2D eigenvalue weighted by Gasteiger charge is -2.20. The van der Waals surface area contributed by atoms with Gasteiger partial charge in [-0.1, -0.05) is 42.5 Å². The maximum absolute atomic E-state index is 12.6. The quantitative estimate of drug-likeness (QED) is 0.355. The van der Waals surface area contributed by atoms with E-state index in [0.717, 1.165) is 13.0 Å². The van der Waals surface area contributed by atoms with Crippen molar-refractivity contribution in [2.24, 2.45) is 0 Å². The fourth-order valence-electron chi connectivity index (χ4n) is 2.39. The van der Waals surface area contributed by atoms with Crippen molar-refractivity contribution >= 4 is 23.4 Å². The summed E-state index contributed by atoms with van der Waals surface area (Å²) in [6.07, 6.45) is 0. The standard InChI is InChI=1S/C17H13NO7/c1-17(15(20)21,16(22)23)12-9-5-8-11(13(12)18(24)25)14(19)10-6-3-2-4-7-10/h2-9H,1H3,(H,20,21)(H,22,23). The highest BCUT2D eigenvalue weighted by Gasteiger charge is 2.48.